The van der Waals surface area contributed by atoms with Crippen LogP contribution in [0.1, 0.15) is 15.9 Å². The molecule has 1 aromatic heterocycles. The molecular formula is C9H10F3N3O3. The highest BCUT2D eigenvalue weighted by atomic mass is 19.4. The van der Waals surface area contributed by atoms with Crippen LogP contribution < -0.4 is 16.2 Å². The van der Waals surface area contributed by atoms with Gasteiger partial charge in [-0.15, -0.1) is 13.2 Å². The molecule has 1 aromatic rings. The predicted molar refractivity (Wildman–Crippen MR) is 54.6 cm³/mol. The molecule has 0 fully saturated rings. The van der Waals surface area contributed by atoms with Crippen molar-refractivity contribution >= 4 is 11.8 Å². The number of ether oxygens (including phenoxy) is 2. The summed E-state index contributed by atoms with van der Waals surface area (Å²) in [5.41, 5.74) is 10.2. The van der Waals surface area contributed by atoms with Gasteiger partial charge in [-0.05, 0) is 11.6 Å². The minimum absolute atomic E-state index is 0.0496. The molecule has 0 unspecified atom stereocenters. The number of rotatable bonds is 3. The number of nitrogens with two attached hydrogens (primary N) is 2. The molecule has 1 heterocycles. The first-order valence-electron chi connectivity index (χ1n) is 4.62. The second kappa shape index (κ2) is 5.08. The van der Waals surface area contributed by atoms with E-state index < -0.39 is 23.8 Å². The number of methoxy groups -OCH3 is 1. The van der Waals surface area contributed by atoms with Gasteiger partial charge in [-0.3, -0.25) is 0 Å². The van der Waals surface area contributed by atoms with Gasteiger partial charge in [0.15, 0.2) is 0 Å². The lowest BCUT2D eigenvalue weighted by molar-refractivity contribution is -0.276. The lowest BCUT2D eigenvalue weighted by Gasteiger charge is -2.14. The monoisotopic (exact) mass is 265 g/mol. The number of alkyl halides is 3. The van der Waals surface area contributed by atoms with Gasteiger partial charge < -0.3 is 20.9 Å². The molecule has 4 N–H and O–H groups in total. The van der Waals surface area contributed by atoms with Crippen LogP contribution in [0.25, 0.3) is 0 Å². The number of nitrogens with zero attached hydrogens (tertiary/aromatic N) is 1. The molecule has 1 rings (SSSR count). The third-order valence-electron chi connectivity index (χ3n) is 1.91. The SMILES string of the molecule is COC(=O)c1c(CN)cc(N)nc1OC(F)(F)F. The zero-order valence-electron chi connectivity index (χ0n) is 9.25. The van der Waals surface area contributed by atoms with Crippen LogP contribution in [-0.2, 0) is 11.3 Å². The van der Waals surface area contributed by atoms with Gasteiger partial charge in [-0.1, -0.05) is 0 Å². The van der Waals surface area contributed by atoms with E-state index in [0.717, 1.165) is 7.11 Å². The number of anilines is 1. The predicted octanol–water partition coefficient (Wildman–Crippen LogP) is 0.808. The smallest absolute Gasteiger partial charge is 0.465 e. The number of carbonyl (C=O) groups is 1. The van der Waals surface area contributed by atoms with E-state index in [0.29, 0.717) is 0 Å². The topological polar surface area (TPSA) is 100 Å². The van der Waals surface area contributed by atoms with Crippen LogP contribution in [-0.4, -0.2) is 24.4 Å². The molecule has 0 spiro atoms. The maximum Gasteiger partial charge on any atom is 0.574 e. The van der Waals surface area contributed by atoms with Gasteiger partial charge in [-0.25, -0.2) is 4.79 Å². The van der Waals surface area contributed by atoms with Crippen LogP contribution in [0.2, 0.25) is 0 Å². The van der Waals surface area contributed by atoms with Crippen molar-refractivity contribution in [3.63, 3.8) is 0 Å². The Bertz CT molecular complexity index is 462. The van der Waals surface area contributed by atoms with Crippen molar-refractivity contribution in [3.8, 4) is 5.88 Å². The lowest BCUT2D eigenvalue weighted by Crippen LogP contribution is -2.22. The van der Waals surface area contributed by atoms with E-state index in [1.54, 1.807) is 0 Å². The number of hydrogen-bond acceptors (Lipinski definition) is 6. The van der Waals surface area contributed by atoms with Gasteiger partial charge in [-0.2, -0.15) is 4.98 Å². The van der Waals surface area contributed by atoms with Crippen molar-refractivity contribution in [1.29, 1.82) is 0 Å². The van der Waals surface area contributed by atoms with Crippen LogP contribution in [0.4, 0.5) is 19.0 Å². The number of halogens is 3. The maximum atomic E-state index is 12.2. The highest BCUT2D eigenvalue weighted by Crippen LogP contribution is 2.28. The third-order valence-corrected chi connectivity index (χ3v) is 1.91. The number of hydrogen-bond donors (Lipinski definition) is 2. The van der Waals surface area contributed by atoms with Gasteiger partial charge in [0.05, 0.1) is 7.11 Å². The zero-order valence-corrected chi connectivity index (χ0v) is 9.25. The molecule has 100 valence electrons. The third kappa shape index (κ3) is 3.23. The summed E-state index contributed by atoms with van der Waals surface area (Å²) >= 11 is 0. The Labute approximate surface area is 99.7 Å². The second-order valence-electron chi connectivity index (χ2n) is 3.13. The highest BCUT2D eigenvalue weighted by Gasteiger charge is 2.35. The standard InChI is InChI=1S/C9H10F3N3O3/c1-17-8(16)6-4(3-13)2-5(14)15-7(6)18-9(10,11)12/h2H,3,13H2,1H3,(H2,14,15). The van der Waals surface area contributed by atoms with Crippen LogP contribution >= 0.6 is 0 Å². The van der Waals surface area contributed by atoms with Crippen molar-refractivity contribution in [1.82, 2.24) is 4.98 Å². The summed E-state index contributed by atoms with van der Waals surface area (Å²) in [4.78, 5) is 14.7. The molecule has 0 saturated heterocycles. The number of carbonyl (C=O) groups excluding carboxylic acids is 1. The van der Waals surface area contributed by atoms with E-state index >= 15 is 0 Å². The fourth-order valence-electron chi connectivity index (χ4n) is 1.26. The van der Waals surface area contributed by atoms with E-state index in [1.165, 1.54) is 6.07 Å². The van der Waals surface area contributed by atoms with Crippen molar-refractivity contribution in [2.45, 2.75) is 12.9 Å². The Balaban J connectivity index is 3.37. The fraction of sp³-hybridized carbons (Fsp3) is 0.333. The van der Waals surface area contributed by atoms with Crippen molar-refractivity contribution < 1.29 is 27.4 Å². The molecule has 0 aliphatic carbocycles. The Kier molecular flexibility index (Phi) is 3.96. The molecule has 18 heavy (non-hydrogen) atoms. The maximum absolute atomic E-state index is 12.2. The Morgan fingerprint density at radius 1 is 1.50 bits per heavy atom. The Morgan fingerprint density at radius 3 is 2.56 bits per heavy atom. The highest BCUT2D eigenvalue weighted by molar-refractivity contribution is 5.93. The van der Waals surface area contributed by atoms with Crippen LogP contribution in [0.15, 0.2) is 6.07 Å². The molecule has 0 amide bonds. The van der Waals surface area contributed by atoms with Crippen LogP contribution in [0.5, 0.6) is 5.88 Å². The van der Waals surface area contributed by atoms with E-state index in [9.17, 15) is 18.0 Å². The summed E-state index contributed by atoms with van der Waals surface area (Å²) in [6.45, 7) is -0.217. The molecule has 9 heteroatoms. The van der Waals surface area contributed by atoms with Gasteiger partial charge >= 0.3 is 12.3 Å². The second-order valence-corrected chi connectivity index (χ2v) is 3.13. The zero-order chi connectivity index (χ0) is 13.9. The van der Waals surface area contributed by atoms with E-state index in [1.807, 2.05) is 0 Å². The van der Waals surface area contributed by atoms with Crippen molar-refractivity contribution in [2.75, 3.05) is 12.8 Å². The quantitative estimate of drug-likeness (QED) is 0.784. The van der Waals surface area contributed by atoms with E-state index in [-0.39, 0.29) is 17.9 Å². The van der Waals surface area contributed by atoms with Crippen molar-refractivity contribution in [2.24, 2.45) is 5.73 Å². The van der Waals surface area contributed by atoms with Crippen molar-refractivity contribution in [3.05, 3.63) is 17.2 Å². The lowest BCUT2D eigenvalue weighted by atomic mass is 10.1. The summed E-state index contributed by atoms with van der Waals surface area (Å²) in [7, 11) is 1.01. The normalized spacial score (nSPS) is 11.2. The number of nitrogen functional groups attached to an aromatic ring is 1. The van der Waals surface area contributed by atoms with Gasteiger partial charge in [0.2, 0.25) is 5.88 Å². The first-order valence-corrected chi connectivity index (χ1v) is 4.62. The number of pyridine rings is 1. The van der Waals surface area contributed by atoms with Crippen LogP contribution in [0, 0.1) is 0 Å². The number of esters is 1. The van der Waals surface area contributed by atoms with E-state index in [4.69, 9.17) is 11.5 Å². The summed E-state index contributed by atoms with van der Waals surface area (Å²) in [6, 6.07) is 1.18. The molecule has 0 atom stereocenters. The largest absolute Gasteiger partial charge is 0.574 e. The number of aromatic nitrogens is 1. The molecule has 0 aromatic carbocycles. The van der Waals surface area contributed by atoms with Gasteiger partial charge in [0.1, 0.15) is 11.4 Å². The summed E-state index contributed by atoms with van der Waals surface area (Å²) in [6.07, 6.45) is -5.00. The first-order chi connectivity index (χ1) is 8.28. The molecule has 0 saturated carbocycles. The summed E-state index contributed by atoms with van der Waals surface area (Å²) in [5, 5.41) is 0. The summed E-state index contributed by atoms with van der Waals surface area (Å²) in [5.74, 6) is -2.26. The minimum atomic E-state index is -5.00. The average Bonchev–Trinajstić information content (AvgIpc) is 2.25. The molecule has 6 nitrogen and oxygen atoms in total. The van der Waals surface area contributed by atoms with Crippen LogP contribution in [0.3, 0.4) is 0 Å². The Hall–Kier alpha value is -2.03. The van der Waals surface area contributed by atoms with E-state index in [2.05, 4.69) is 14.5 Å². The molecule has 0 radical (unpaired) electrons. The first kappa shape index (κ1) is 14.0. The summed E-state index contributed by atoms with van der Waals surface area (Å²) < 4.78 is 44.5. The Morgan fingerprint density at radius 2 is 2.11 bits per heavy atom. The van der Waals surface area contributed by atoms with Gasteiger partial charge in [0.25, 0.3) is 0 Å². The molecule has 0 aliphatic rings. The minimum Gasteiger partial charge on any atom is -0.465 e. The molecule has 0 bridgehead atoms. The molecular weight excluding hydrogens is 255 g/mol. The molecule has 0 aliphatic heterocycles. The van der Waals surface area contributed by atoms with Gasteiger partial charge in [0, 0.05) is 6.54 Å². The average molecular weight is 265 g/mol. The fourth-order valence-corrected chi connectivity index (χ4v) is 1.26.